The third-order valence-electron chi connectivity index (χ3n) is 7.99. The van der Waals surface area contributed by atoms with Crippen molar-refractivity contribution in [1.82, 2.24) is 19.8 Å². The second-order valence-electron chi connectivity index (χ2n) is 10.9. The Balaban J connectivity index is 1.43. The number of ether oxygens (including phenoxy) is 1. The number of methoxy groups -OCH3 is 1. The zero-order valence-corrected chi connectivity index (χ0v) is 22.6. The predicted octanol–water partition coefficient (Wildman–Crippen LogP) is 4.31. The van der Waals surface area contributed by atoms with Crippen molar-refractivity contribution in [3.63, 3.8) is 0 Å². The van der Waals surface area contributed by atoms with E-state index in [4.69, 9.17) is 14.7 Å². The standard InChI is InChI=1S/C29H41FN6O/c1-21(2)35-16-10-24(11-17-35)31-28-25-19-27(37-3)22(8-4-5-12-34-13-6-7-14-34)18-26(25)32-29(33-28)36-15-9-23(30)20-36/h18-19,21,23-24H,5-7,9-17,20H2,1-3H3,(H,31,32,33)/t23-/m0/s1. The molecule has 2 aromatic rings. The number of anilines is 2. The van der Waals surface area contributed by atoms with Crippen LogP contribution in [0.3, 0.4) is 0 Å². The van der Waals surface area contributed by atoms with E-state index in [2.05, 4.69) is 40.8 Å². The number of halogens is 1. The molecule has 200 valence electrons. The van der Waals surface area contributed by atoms with Gasteiger partial charge in [-0.05, 0) is 71.2 Å². The normalized spacial score (nSPS) is 21.5. The maximum atomic E-state index is 14.0. The highest BCUT2D eigenvalue weighted by Crippen LogP contribution is 2.32. The van der Waals surface area contributed by atoms with Crippen LogP contribution in [-0.2, 0) is 0 Å². The van der Waals surface area contributed by atoms with Gasteiger partial charge in [0.05, 0.1) is 24.7 Å². The molecule has 3 aliphatic heterocycles. The van der Waals surface area contributed by atoms with Crippen molar-refractivity contribution in [1.29, 1.82) is 0 Å². The Kier molecular flexibility index (Phi) is 8.31. The number of nitrogens with zero attached hydrogens (tertiary/aromatic N) is 5. The fraction of sp³-hybridized carbons (Fsp3) is 0.655. The van der Waals surface area contributed by atoms with Gasteiger partial charge in [0.15, 0.2) is 0 Å². The topological polar surface area (TPSA) is 56.8 Å². The minimum Gasteiger partial charge on any atom is -0.495 e. The quantitative estimate of drug-likeness (QED) is 0.560. The molecule has 8 heteroatoms. The van der Waals surface area contributed by atoms with Gasteiger partial charge in [0.2, 0.25) is 5.95 Å². The van der Waals surface area contributed by atoms with Gasteiger partial charge in [0, 0.05) is 50.1 Å². The first-order valence-electron chi connectivity index (χ1n) is 14.0. The lowest BCUT2D eigenvalue weighted by atomic mass is 10.0. The lowest BCUT2D eigenvalue weighted by Crippen LogP contribution is -2.42. The van der Waals surface area contributed by atoms with Crippen molar-refractivity contribution in [2.45, 2.75) is 70.6 Å². The molecule has 0 aliphatic carbocycles. The summed E-state index contributed by atoms with van der Waals surface area (Å²) in [5.41, 5.74) is 1.65. The molecular weight excluding hydrogens is 467 g/mol. The minimum atomic E-state index is -0.830. The number of rotatable bonds is 7. The van der Waals surface area contributed by atoms with Crippen molar-refractivity contribution < 1.29 is 9.13 Å². The molecule has 1 N–H and O–H groups in total. The van der Waals surface area contributed by atoms with Crippen molar-refractivity contribution in [3.05, 3.63) is 17.7 Å². The first-order chi connectivity index (χ1) is 18.0. The SMILES string of the molecule is COc1cc2c(NC3CCN(C(C)C)CC3)nc(N3CC[C@H](F)C3)nc2cc1C#CCCN1CCCC1. The van der Waals surface area contributed by atoms with Gasteiger partial charge in [-0.25, -0.2) is 9.37 Å². The van der Waals surface area contributed by atoms with Crippen molar-refractivity contribution in [2.75, 3.05) is 63.1 Å². The maximum Gasteiger partial charge on any atom is 0.227 e. The first-order valence-corrected chi connectivity index (χ1v) is 14.0. The van der Waals surface area contributed by atoms with E-state index in [-0.39, 0.29) is 0 Å². The lowest BCUT2D eigenvalue weighted by molar-refractivity contribution is 0.177. The van der Waals surface area contributed by atoms with Gasteiger partial charge in [0.1, 0.15) is 17.7 Å². The average molecular weight is 509 g/mol. The Labute approximate surface area is 220 Å². The Morgan fingerprint density at radius 2 is 1.86 bits per heavy atom. The first kappa shape index (κ1) is 26.0. The van der Waals surface area contributed by atoms with Crippen LogP contribution in [0, 0.1) is 11.8 Å². The molecule has 3 saturated heterocycles. The fourth-order valence-electron chi connectivity index (χ4n) is 5.69. The highest BCUT2D eigenvalue weighted by Gasteiger charge is 2.27. The van der Waals surface area contributed by atoms with Crippen LogP contribution in [-0.4, -0.2) is 90.9 Å². The summed E-state index contributed by atoms with van der Waals surface area (Å²) in [6.07, 6.45) is 5.24. The molecule has 3 fully saturated rings. The summed E-state index contributed by atoms with van der Waals surface area (Å²) < 4.78 is 19.8. The van der Waals surface area contributed by atoms with Crippen LogP contribution in [0.2, 0.25) is 0 Å². The number of hydrogen-bond donors (Lipinski definition) is 1. The molecule has 3 aliphatic rings. The van der Waals surface area contributed by atoms with Crippen molar-refractivity contribution >= 4 is 22.7 Å². The summed E-state index contributed by atoms with van der Waals surface area (Å²) >= 11 is 0. The molecular formula is C29H41FN6O. The maximum absolute atomic E-state index is 14.0. The summed E-state index contributed by atoms with van der Waals surface area (Å²) in [7, 11) is 1.69. The van der Waals surface area contributed by atoms with Gasteiger partial charge >= 0.3 is 0 Å². The summed E-state index contributed by atoms with van der Waals surface area (Å²) in [5.74, 6) is 8.80. The number of aromatic nitrogens is 2. The molecule has 1 atom stereocenters. The number of piperidine rings is 1. The number of hydrogen-bond acceptors (Lipinski definition) is 7. The molecule has 1 aromatic carbocycles. The van der Waals surface area contributed by atoms with Gasteiger partial charge in [-0.15, -0.1) is 0 Å². The van der Waals surface area contributed by atoms with E-state index >= 15 is 0 Å². The Morgan fingerprint density at radius 3 is 2.54 bits per heavy atom. The van der Waals surface area contributed by atoms with Crippen molar-refractivity contribution in [3.8, 4) is 17.6 Å². The smallest absolute Gasteiger partial charge is 0.227 e. The monoisotopic (exact) mass is 508 g/mol. The summed E-state index contributed by atoms with van der Waals surface area (Å²) in [6, 6.07) is 4.93. The molecule has 0 bridgehead atoms. The predicted molar refractivity (Wildman–Crippen MR) is 148 cm³/mol. The third kappa shape index (κ3) is 6.27. The molecule has 0 radical (unpaired) electrons. The van der Waals surface area contributed by atoms with Gasteiger partial charge in [-0.2, -0.15) is 4.98 Å². The van der Waals surface area contributed by atoms with Gasteiger partial charge < -0.3 is 24.8 Å². The third-order valence-corrected chi connectivity index (χ3v) is 7.99. The molecule has 0 unspecified atom stereocenters. The summed E-state index contributed by atoms with van der Waals surface area (Å²) in [5, 5.41) is 4.64. The van der Waals surface area contributed by atoms with Crippen LogP contribution >= 0.6 is 0 Å². The Hall–Kier alpha value is -2.63. The summed E-state index contributed by atoms with van der Waals surface area (Å²) in [4.78, 5) is 16.7. The van der Waals surface area contributed by atoms with E-state index in [9.17, 15) is 4.39 Å². The fourth-order valence-corrected chi connectivity index (χ4v) is 5.69. The molecule has 7 nitrogen and oxygen atoms in total. The number of alkyl halides is 1. The largest absolute Gasteiger partial charge is 0.495 e. The van der Waals surface area contributed by atoms with Crippen LogP contribution in [0.25, 0.3) is 10.9 Å². The minimum absolute atomic E-state index is 0.338. The van der Waals surface area contributed by atoms with E-state index in [0.717, 1.165) is 66.9 Å². The lowest BCUT2D eigenvalue weighted by Gasteiger charge is -2.35. The number of benzene rings is 1. The molecule has 0 amide bonds. The van der Waals surface area contributed by atoms with Crippen LogP contribution in [0.4, 0.5) is 16.2 Å². The molecule has 0 saturated carbocycles. The highest BCUT2D eigenvalue weighted by atomic mass is 19.1. The van der Waals surface area contributed by atoms with Gasteiger partial charge in [-0.3, -0.25) is 0 Å². The van der Waals surface area contributed by atoms with E-state index in [0.29, 0.717) is 37.5 Å². The molecule has 1 aromatic heterocycles. The second-order valence-corrected chi connectivity index (χ2v) is 10.9. The highest BCUT2D eigenvalue weighted by molar-refractivity contribution is 5.93. The van der Waals surface area contributed by atoms with Crippen molar-refractivity contribution in [2.24, 2.45) is 0 Å². The van der Waals surface area contributed by atoms with E-state index in [1.807, 2.05) is 17.0 Å². The zero-order chi connectivity index (χ0) is 25.8. The molecule has 4 heterocycles. The van der Waals surface area contributed by atoms with Gasteiger partial charge in [-0.1, -0.05) is 11.8 Å². The van der Waals surface area contributed by atoms with E-state index in [1.54, 1.807) is 7.11 Å². The van der Waals surface area contributed by atoms with Gasteiger partial charge in [0.25, 0.3) is 0 Å². The molecule has 37 heavy (non-hydrogen) atoms. The number of nitrogens with one attached hydrogen (secondary N) is 1. The van der Waals surface area contributed by atoms with Crippen LogP contribution in [0.5, 0.6) is 5.75 Å². The van der Waals surface area contributed by atoms with E-state index in [1.165, 1.54) is 25.9 Å². The average Bonchev–Trinajstić information content (AvgIpc) is 3.58. The van der Waals surface area contributed by atoms with Crippen LogP contribution in [0.1, 0.15) is 57.9 Å². The zero-order valence-electron chi connectivity index (χ0n) is 22.6. The second kappa shape index (κ2) is 11.8. The molecule has 5 rings (SSSR count). The summed E-state index contributed by atoms with van der Waals surface area (Å²) in [6.45, 7) is 11.0. The van der Waals surface area contributed by atoms with Crippen LogP contribution in [0.15, 0.2) is 12.1 Å². The van der Waals surface area contributed by atoms with E-state index < -0.39 is 6.17 Å². The van der Waals surface area contributed by atoms with Crippen LogP contribution < -0.4 is 15.0 Å². The Bertz CT molecular complexity index is 1130. The molecule has 0 spiro atoms. The Morgan fingerprint density at radius 1 is 1.08 bits per heavy atom. The number of fused-ring (bicyclic) bond motifs is 1. The number of likely N-dealkylation sites (tertiary alicyclic amines) is 2.